The standard InChI is InChI=1S/C59H74N14O15S2/c1-5-60-57(80)45(70-55(78)42-14-17-49(66-33-42)71-69-34-41-11-6-7-12-48(41)90(85,86)87)16-18-50(74)62-22-9-27-88-28-10-23-63-52(76)20-19-51(75)61-21-8-26-73-36-44(53(77)43-15-13-40(31-47(43)73)32-68-59-64-24-25-65-59)56(79)67-35-46(58(81)82)72-89(83,84)54-38(3)29-37(2)30-39(54)4/h6-7,11-15,17,24-25,29-31,33-34,36,45-46,72H,5,8-10,16,18-23,26-28,32,35H2,1-4H3,(H,60,80)(H,61,75)(H,62,74)(H,63,76)(H,66,71)(H,67,79)(H,70,78)(H,81,82)(H2,64,65,68)(H,85,86,87)/b69-34-. The first-order valence-corrected chi connectivity index (χ1v) is 31.6. The van der Waals surface area contributed by atoms with Gasteiger partial charge < -0.3 is 56.6 Å². The molecule has 6 aromatic rings. The first-order chi connectivity index (χ1) is 42.9. The zero-order valence-corrected chi connectivity index (χ0v) is 51.6. The number of hydrazone groups is 1. The average molecular weight is 1280 g/mol. The molecule has 0 aliphatic heterocycles. The molecule has 2 atom stereocenters. The van der Waals surface area contributed by atoms with Crippen LogP contribution in [-0.2, 0) is 61.9 Å². The summed E-state index contributed by atoms with van der Waals surface area (Å²) in [6, 6.07) is 14.0. The van der Waals surface area contributed by atoms with Gasteiger partial charge in [0.15, 0.2) is 5.95 Å². The highest BCUT2D eigenvalue weighted by atomic mass is 32.2. The Morgan fingerprint density at radius 2 is 1.44 bits per heavy atom. The number of aromatic amines is 1. The number of nitrogens with zero attached hydrogens (tertiary/aromatic N) is 4. The van der Waals surface area contributed by atoms with Gasteiger partial charge >= 0.3 is 5.97 Å². The van der Waals surface area contributed by atoms with E-state index in [9.17, 15) is 64.9 Å². The number of amides is 6. The summed E-state index contributed by atoms with van der Waals surface area (Å²) >= 11 is 0. The van der Waals surface area contributed by atoms with E-state index in [1.807, 2.05) is 0 Å². The number of carboxylic acids is 1. The second kappa shape index (κ2) is 33.8. The van der Waals surface area contributed by atoms with E-state index in [0.29, 0.717) is 61.6 Å². The molecule has 12 N–H and O–H groups in total. The van der Waals surface area contributed by atoms with Gasteiger partial charge in [-0.2, -0.15) is 18.2 Å². The summed E-state index contributed by atoms with van der Waals surface area (Å²) < 4.78 is 69.0. The number of likely N-dealkylation sites (N-methyl/N-ethyl adjacent to an activating group) is 1. The summed E-state index contributed by atoms with van der Waals surface area (Å²) in [7, 11) is -8.84. The van der Waals surface area contributed by atoms with Gasteiger partial charge in [0.1, 0.15) is 28.4 Å². The number of anilines is 2. The highest BCUT2D eigenvalue weighted by Crippen LogP contribution is 2.23. The molecule has 3 aromatic carbocycles. The number of aryl methyl sites for hydroxylation is 4. The van der Waals surface area contributed by atoms with Crippen molar-refractivity contribution in [2.24, 2.45) is 5.10 Å². The van der Waals surface area contributed by atoms with Crippen LogP contribution in [0.2, 0.25) is 0 Å². The van der Waals surface area contributed by atoms with Crippen molar-refractivity contribution in [3.05, 3.63) is 141 Å². The zero-order valence-electron chi connectivity index (χ0n) is 50.0. The number of aliphatic carboxylic acids is 1. The first-order valence-electron chi connectivity index (χ1n) is 28.7. The summed E-state index contributed by atoms with van der Waals surface area (Å²) in [5.74, 6) is -3.95. The van der Waals surface area contributed by atoms with Gasteiger partial charge in [-0.3, -0.25) is 48.3 Å². The number of ether oxygens (including phenoxy) is 1. The van der Waals surface area contributed by atoms with Crippen LogP contribution in [-0.4, -0.2) is 152 Å². The fraction of sp³-hybridized carbons (Fsp3) is 0.373. The smallest absolute Gasteiger partial charge is 0.323 e. The maximum Gasteiger partial charge on any atom is 0.323 e. The van der Waals surface area contributed by atoms with Gasteiger partial charge in [-0.05, 0) is 100 Å². The molecule has 90 heavy (non-hydrogen) atoms. The molecule has 0 aliphatic rings. The Bertz CT molecular complexity index is 3820. The van der Waals surface area contributed by atoms with Gasteiger partial charge in [0.05, 0.1) is 22.2 Å². The van der Waals surface area contributed by atoms with Crippen molar-refractivity contribution in [3.8, 4) is 0 Å². The molecule has 0 saturated carbocycles. The van der Waals surface area contributed by atoms with Crippen LogP contribution in [0.25, 0.3) is 10.9 Å². The molecule has 482 valence electrons. The van der Waals surface area contributed by atoms with Crippen molar-refractivity contribution < 1.29 is 64.8 Å². The van der Waals surface area contributed by atoms with Crippen LogP contribution >= 0.6 is 0 Å². The average Bonchev–Trinajstić information content (AvgIpc) is 0.888. The molecule has 0 aliphatic carbocycles. The van der Waals surface area contributed by atoms with E-state index in [2.05, 4.69) is 67.4 Å². The lowest BCUT2D eigenvalue weighted by Gasteiger charge is -2.19. The monoisotopic (exact) mass is 1280 g/mol. The van der Waals surface area contributed by atoms with E-state index in [1.54, 1.807) is 81.1 Å². The van der Waals surface area contributed by atoms with Crippen LogP contribution in [0.3, 0.4) is 0 Å². The number of pyridine rings is 2. The number of sulfonamides is 1. The Kier molecular flexibility index (Phi) is 26.2. The van der Waals surface area contributed by atoms with Crippen LogP contribution in [0, 0.1) is 20.8 Å². The van der Waals surface area contributed by atoms with E-state index in [4.69, 9.17) is 4.74 Å². The largest absolute Gasteiger partial charge is 0.480 e. The third-order valence-corrected chi connectivity index (χ3v) is 16.3. The zero-order chi connectivity index (χ0) is 65.4. The third-order valence-electron chi connectivity index (χ3n) is 13.6. The molecule has 3 heterocycles. The van der Waals surface area contributed by atoms with Gasteiger partial charge in [0.2, 0.25) is 39.1 Å². The number of carbonyl (C=O) groups is 7. The van der Waals surface area contributed by atoms with Crippen LogP contribution in [0.4, 0.5) is 11.8 Å². The molecule has 31 heteroatoms. The number of imidazole rings is 1. The molecule has 0 spiro atoms. The van der Waals surface area contributed by atoms with Crippen LogP contribution < -0.4 is 52.8 Å². The number of H-pyrrole nitrogens is 1. The number of carbonyl (C=O) groups excluding carboxylic acids is 6. The summed E-state index contributed by atoms with van der Waals surface area (Å²) in [6.07, 6.45) is 7.99. The molecule has 2 unspecified atom stereocenters. The van der Waals surface area contributed by atoms with E-state index >= 15 is 0 Å². The number of benzene rings is 3. The van der Waals surface area contributed by atoms with Gasteiger partial charge in [-0.25, -0.2) is 18.4 Å². The van der Waals surface area contributed by atoms with Crippen molar-refractivity contribution in [1.82, 2.24) is 56.1 Å². The summed E-state index contributed by atoms with van der Waals surface area (Å²) in [6.45, 7) is 8.15. The van der Waals surface area contributed by atoms with Crippen LogP contribution in [0.15, 0.2) is 111 Å². The number of rotatable bonds is 36. The lowest BCUT2D eigenvalue weighted by atomic mass is 10.1. The minimum absolute atomic E-state index is 0.00101. The Labute approximate surface area is 519 Å². The Morgan fingerprint density at radius 3 is 2.07 bits per heavy atom. The molecule has 0 bridgehead atoms. The second-order valence-corrected chi connectivity index (χ2v) is 23.7. The minimum Gasteiger partial charge on any atom is -0.480 e. The predicted molar refractivity (Wildman–Crippen MR) is 333 cm³/mol. The summed E-state index contributed by atoms with van der Waals surface area (Å²) in [5.41, 5.74) is 4.72. The summed E-state index contributed by atoms with van der Waals surface area (Å²) in [4.78, 5) is 115. The Hall–Kier alpha value is -9.43. The molecule has 0 radical (unpaired) electrons. The van der Waals surface area contributed by atoms with Crippen molar-refractivity contribution in [2.45, 2.75) is 108 Å². The number of carboxylic acid groups (broad SMARTS) is 1. The SMILES string of the molecule is CCNC(=O)C(CCC(=O)NCCCOCCCNC(=O)CCC(=O)NCCCn1cc(C(=O)NCC(NS(=O)(=O)c2c(C)cc(C)cc2C)C(=O)O)c(=O)c2ccc(CNc3ncc[nH]3)cc21)NC(=O)c1ccc(N/N=C\c2ccccc2S(=O)(=O)O)nc1. The van der Waals surface area contributed by atoms with Crippen molar-refractivity contribution in [3.63, 3.8) is 0 Å². The topological polar surface area (TPSA) is 422 Å². The van der Waals surface area contributed by atoms with E-state index in [0.717, 1.165) is 11.1 Å². The summed E-state index contributed by atoms with van der Waals surface area (Å²) in [5, 5.41) is 33.2. The van der Waals surface area contributed by atoms with Gasteiger partial charge in [-0.15, -0.1) is 0 Å². The van der Waals surface area contributed by atoms with E-state index < -0.39 is 67.9 Å². The number of fused-ring (bicyclic) bond motifs is 1. The molecule has 3 aromatic heterocycles. The molecule has 0 fully saturated rings. The highest BCUT2D eigenvalue weighted by molar-refractivity contribution is 7.89. The van der Waals surface area contributed by atoms with E-state index in [1.165, 1.54) is 48.9 Å². The number of hydrogen-bond acceptors (Lipinski definition) is 18. The fourth-order valence-electron chi connectivity index (χ4n) is 9.29. The normalized spacial score (nSPS) is 12.2. The molecule has 6 rings (SSSR count). The number of nitrogens with one attached hydrogen (secondary N) is 10. The quantitative estimate of drug-likeness (QED) is 0.0116. The van der Waals surface area contributed by atoms with Gasteiger partial charge in [0, 0.05) is 114 Å². The lowest BCUT2D eigenvalue weighted by molar-refractivity contribution is -0.138. The molecule has 6 amide bonds. The number of hydrogen-bond donors (Lipinski definition) is 12. The molecule has 0 saturated heterocycles. The Balaban J connectivity index is 0.877. The molecule has 29 nitrogen and oxygen atoms in total. The maximum atomic E-state index is 13.9. The molecular weight excluding hydrogens is 1210 g/mol. The second-order valence-electron chi connectivity index (χ2n) is 20.7. The van der Waals surface area contributed by atoms with Gasteiger partial charge in [0.25, 0.3) is 21.9 Å². The predicted octanol–water partition coefficient (Wildman–Crippen LogP) is 2.54. The van der Waals surface area contributed by atoms with Crippen LogP contribution in [0.5, 0.6) is 0 Å². The molecular formula is C59H74N14O15S2. The first kappa shape index (κ1) is 69.7. The van der Waals surface area contributed by atoms with Gasteiger partial charge in [-0.1, -0.05) is 42.0 Å². The van der Waals surface area contributed by atoms with Crippen molar-refractivity contribution in [1.29, 1.82) is 0 Å². The van der Waals surface area contributed by atoms with Crippen molar-refractivity contribution in [2.75, 3.05) is 56.7 Å². The highest BCUT2D eigenvalue weighted by Gasteiger charge is 2.29. The Morgan fingerprint density at radius 1 is 0.778 bits per heavy atom. The van der Waals surface area contributed by atoms with Crippen LogP contribution in [0.1, 0.15) is 100 Å². The lowest BCUT2D eigenvalue weighted by Crippen LogP contribution is -2.49. The number of aromatic nitrogens is 4. The minimum atomic E-state index is -4.48. The van der Waals surface area contributed by atoms with Crippen molar-refractivity contribution >= 4 is 90.4 Å². The fourth-order valence-corrected chi connectivity index (χ4v) is 11.6. The maximum absolute atomic E-state index is 13.9. The third kappa shape index (κ3) is 21.4. The van der Waals surface area contributed by atoms with E-state index in [-0.39, 0.29) is 114 Å².